The van der Waals surface area contributed by atoms with Crippen molar-refractivity contribution in [2.24, 2.45) is 0 Å². The van der Waals surface area contributed by atoms with Crippen LogP contribution < -0.4 is 25.2 Å². The number of hydrogen-bond acceptors (Lipinski definition) is 6. The maximum Gasteiger partial charge on any atom is 0.346 e. The predicted molar refractivity (Wildman–Crippen MR) is 101 cm³/mol. The number of aromatic amines is 1. The lowest BCUT2D eigenvalue weighted by molar-refractivity contribution is 0.0945. The molecule has 2 heterocycles. The van der Waals surface area contributed by atoms with Gasteiger partial charge in [-0.2, -0.15) is 4.98 Å². The van der Waals surface area contributed by atoms with Crippen LogP contribution in [0.4, 0.5) is 0 Å². The molecular formula is C20H17N3O5. The third-order valence-electron chi connectivity index (χ3n) is 4.27. The summed E-state index contributed by atoms with van der Waals surface area (Å²) in [6.07, 6.45) is 0. The van der Waals surface area contributed by atoms with E-state index in [-0.39, 0.29) is 19.0 Å². The van der Waals surface area contributed by atoms with Gasteiger partial charge < -0.3 is 24.5 Å². The fourth-order valence-corrected chi connectivity index (χ4v) is 2.82. The number of hydrogen-bond donors (Lipinski definition) is 2. The number of H-pyrrole nitrogens is 1. The van der Waals surface area contributed by atoms with Crippen molar-refractivity contribution >= 4 is 5.91 Å². The number of carbonyl (C=O) groups excluding carboxylic acids is 1. The Balaban J connectivity index is 1.50. The summed E-state index contributed by atoms with van der Waals surface area (Å²) >= 11 is 0. The molecule has 2 N–H and O–H groups in total. The highest BCUT2D eigenvalue weighted by atomic mass is 16.7. The lowest BCUT2D eigenvalue weighted by atomic mass is 10.1. The maximum atomic E-state index is 12.5. The summed E-state index contributed by atoms with van der Waals surface area (Å²) in [5.74, 6) is 1.60. The predicted octanol–water partition coefficient (Wildman–Crippen LogP) is 2.10. The molecule has 8 heteroatoms. The van der Waals surface area contributed by atoms with Crippen molar-refractivity contribution in [3.05, 3.63) is 70.3 Å². The average molecular weight is 379 g/mol. The highest BCUT2D eigenvalue weighted by Gasteiger charge is 2.14. The zero-order valence-electron chi connectivity index (χ0n) is 15.0. The van der Waals surface area contributed by atoms with E-state index in [1.807, 2.05) is 6.07 Å². The molecule has 0 spiro atoms. The van der Waals surface area contributed by atoms with E-state index in [0.717, 1.165) is 5.56 Å². The molecule has 1 aromatic heterocycles. The molecule has 0 fully saturated rings. The van der Waals surface area contributed by atoms with Crippen LogP contribution in [0.3, 0.4) is 0 Å². The quantitative estimate of drug-likeness (QED) is 0.704. The molecule has 1 amide bonds. The van der Waals surface area contributed by atoms with Crippen molar-refractivity contribution in [1.29, 1.82) is 0 Å². The highest BCUT2D eigenvalue weighted by molar-refractivity contribution is 5.93. The van der Waals surface area contributed by atoms with Crippen molar-refractivity contribution in [2.75, 3.05) is 13.9 Å². The van der Waals surface area contributed by atoms with Crippen LogP contribution in [-0.4, -0.2) is 29.8 Å². The molecule has 4 rings (SSSR count). The molecule has 0 bridgehead atoms. The minimum absolute atomic E-state index is 0.131. The minimum Gasteiger partial charge on any atom is -0.497 e. The van der Waals surface area contributed by atoms with Gasteiger partial charge in [0.25, 0.3) is 5.91 Å². The van der Waals surface area contributed by atoms with Crippen LogP contribution in [0.1, 0.15) is 16.1 Å². The largest absolute Gasteiger partial charge is 0.497 e. The van der Waals surface area contributed by atoms with E-state index in [1.165, 1.54) is 6.07 Å². The average Bonchev–Trinajstić information content (AvgIpc) is 3.19. The molecule has 0 aliphatic carbocycles. The molecule has 28 heavy (non-hydrogen) atoms. The maximum absolute atomic E-state index is 12.5. The first-order valence-electron chi connectivity index (χ1n) is 8.55. The van der Waals surface area contributed by atoms with Crippen LogP contribution in [-0.2, 0) is 6.54 Å². The summed E-state index contributed by atoms with van der Waals surface area (Å²) in [7, 11) is 1.57. The standard InChI is InChI=1S/C20H17N3O5/c1-26-14-5-3-13(4-6-14)15-9-16(23-20(25)22-15)19(24)21-10-12-2-7-17-18(8-12)28-11-27-17/h2-9H,10-11H2,1H3,(H,21,24)(H,22,23,25). The summed E-state index contributed by atoms with van der Waals surface area (Å²) in [6, 6.07) is 14.0. The molecule has 0 saturated carbocycles. The number of nitrogens with zero attached hydrogens (tertiary/aromatic N) is 1. The Kier molecular flexibility index (Phi) is 4.67. The van der Waals surface area contributed by atoms with Crippen LogP contribution >= 0.6 is 0 Å². The molecule has 1 aliphatic rings. The van der Waals surface area contributed by atoms with E-state index in [0.29, 0.717) is 28.5 Å². The summed E-state index contributed by atoms with van der Waals surface area (Å²) in [6.45, 7) is 0.467. The first-order chi connectivity index (χ1) is 13.6. The smallest absolute Gasteiger partial charge is 0.346 e. The normalized spacial score (nSPS) is 11.9. The van der Waals surface area contributed by atoms with Gasteiger partial charge in [0, 0.05) is 12.1 Å². The van der Waals surface area contributed by atoms with Gasteiger partial charge in [-0.25, -0.2) is 4.79 Å². The molecule has 0 radical (unpaired) electrons. The molecule has 3 aromatic rings. The van der Waals surface area contributed by atoms with Crippen molar-refractivity contribution < 1.29 is 19.0 Å². The lowest BCUT2D eigenvalue weighted by Gasteiger charge is -2.08. The van der Waals surface area contributed by atoms with Gasteiger partial charge in [-0.05, 0) is 48.0 Å². The van der Waals surface area contributed by atoms with Gasteiger partial charge in [0.2, 0.25) is 6.79 Å². The monoisotopic (exact) mass is 379 g/mol. The Labute approximate surface area is 160 Å². The van der Waals surface area contributed by atoms with Gasteiger partial charge in [-0.3, -0.25) is 4.79 Å². The number of aromatic nitrogens is 2. The Morgan fingerprint density at radius 1 is 1.14 bits per heavy atom. The summed E-state index contributed by atoms with van der Waals surface area (Å²) < 4.78 is 15.7. The first kappa shape index (κ1) is 17.6. The van der Waals surface area contributed by atoms with Crippen LogP contribution in [0, 0.1) is 0 Å². The number of amides is 1. The van der Waals surface area contributed by atoms with E-state index in [9.17, 15) is 9.59 Å². The Hall–Kier alpha value is -3.81. The number of rotatable bonds is 5. The van der Waals surface area contributed by atoms with Crippen LogP contribution in [0.5, 0.6) is 17.2 Å². The van der Waals surface area contributed by atoms with Crippen molar-refractivity contribution in [1.82, 2.24) is 15.3 Å². The number of fused-ring (bicyclic) bond motifs is 1. The Bertz CT molecular complexity index is 1080. The topological polar surface area (TPSA) is 103 Å². The van der Waals surface area contributed by atoms with E-state index >= 15 is 0 Å². The zero-order chi connectivity index (χ0) is 19.5. The lowest BCUT2D eigenvalue weighted by Crippen LogP contribution is -2.27. The molecule has 0 atom stereocenters. The summed E-state index contributed by atoms with van der Waals surface area (Å²) in [4.78, 5) is 30.8. The van der Waals surface area contributed by atoms with Crippen molar-refractivity contribution in [3.8, 4) is 28.5 Å². The third kappa shape index (κ3) is 3.66. The van der Waals surface area contributed by atoms with E-state index in [2.05, 4.69) is 15.3 Å². The second-order valence-corrected chi connectivity index (χ2v) is 6.08. The number of carbonyl (C=O) groups is 1. The van der Waals surface area contributed by atoms with Gasteiger partial charge in [0.05, 0.1) is 12.8 Å². The third-order valence-corrected chi connectivity index (χ3v) is 4.27. The zero-order valence-corrected chi connectivity index (χ0v) is 15.0. The molecule has 1 aliphatic heterocycles. The fourth-order valence-electron chi connectivity index (χ4n) is 2.82. The van der Waals surface area contributed by atoms with Gasteiger partial charge in [-0.15, -0.1) is 0 Å². The van der Waals surface area contributed by atoms with Gasteiger partial charge in [-0.1, -0.05) is 6.07 Å². The second kappa shape index (κ2) is 7.43. The van der Waals surface area contributed by atoms with E-state index in [4.69, 9.17) is 14.2 Å². The van der Waals surface area contributed by atoms with Crippen LogP contribution in [0.2, 0.25) is 0 Å². The van der Waals surface area contributed by atoms with E-state index in [1.54, 1.807) is 43.5 Å². The number of benzene rings is 2. The fraction of sp³-hybridized carbons (Fsp3) is 0.150. The van der Waals surface area contributed by atoms with Gasteiger partial charge in [0.15, 0.2) is 11.5 Å². The molecule has 0 unspecified atom stereocenters. The van der Waals surface area contributed by atoms with Crippen LogP contribution in [0.15, 0.2) is 53.3 Å². The van der Waals surface area contributed by atoms with Crippen molar-refractivity contribution in [3.63, 3.8) is 0 Å². The molecule has 8 nitrogen and oxygen atoms in total. The summed E-state index contributed by atoms with van der Waals surface area (Å²) in [5.41, 5.74) is 1.49. The minimum atomic E-state index is -0.596. The SMILES string of the molecule is COc1ccc(-c2cc(C(=O)NCc3ccc4c(c3)OCO4)[nH]c(=O)n2)cc1. The summed E-state index contributed by atoms with van der Waals surface area (Å²) in [5, 5.41) is 2.78. The Morgan fingerprint density at radius 3 is 2.71 bits per heavy atom. The molecular weight excluding hydrogens is 362 g/mol. The van der Waals surface area contributed by atoms with E-state index < -0.39 is 11.6 Å². The second-order valence-electron chi connectivity index (χ2n) is 6.08. The highest BCUT2D eigenvalue weighted by Crippen LogP contribution is 2.32. The van der Waals surface area contributed by atoms with Gasteiger partial charge in [0.1, 0.15) is 11.4 Å². The molecule has 142 valence electrons. The van der Waals surface area contributed by atoms with Crippen molar-refractivity contribution in [2.45, 2.75) is 6.54 Å². The van der Waals surface area contributed by atoms with Gasteiger partial charge >= 0.3 is 5.69 Å². The molecule has 2 aromatic carbocycles. The molecule has 0 saturated heterocycles. The number of ether oxygens (including phenoxy) is 3. The number of methoxy groups -OCH3 is 1. The first-order valence-corrected chi connectivity index (χ1v) is 8.55. The Morgan fingerprint density at radius 2 is 1.93 bits per heavy atom. The number of nitrogens with one attached hydrogen (secondary N) is 2. The van der Waals surface area contributed by atoms with Crippen LogP contribution in [0.25, 0.3) is 11.3 Å².